The fourth-order valence-electron chi connectivity index (χ4n) is 1.24. The molecule has 6 heteroatoms. The highest BCUT2D eigenvalue weighted by Gasteiger charge is 2.43. The third-order valence-electron chi connectivity index (χ3n) is 1.91. The van der Waals surface area contributed by atoms with E-state index in [1.54, 1.807) is 0 Å². The summed E-state index contributed by atoms with van der Waals surface area (Å²) in [5.74, 6) is -0.593. The first-order chi connectivity index (χ1) is 7.02. The Labute approximate surface area is 83.6 Å². The average Bonchev–Trinajstić information content (AvgIpc) is 2.49. The van der Waals surface area contributed by atoms with E-state index in [1.807, 2.05) is 0 Å². The van der Waals surface area contributed by atoms with Crippen LogP contribution in [0.1, 0.15) is 10.4 Å². The summed E-state index contributed by atoms with van der Waals surface area (Å²) in [6, 6.07) is 3.80. The first kappa shape index (κ1) is 9.85. The lowest BCUT2D eigenvalue weighted by molar-refractivity contribution is -0.286. The molecule has 0 fully saturated rings. The number of ether oxygens (including phenoxy) is 2. The van der Waals surface area contributed by atoms with Gasteiger partial charge in [-0.15, -0.1) is 8.78 Å². The number of hydrogen-bond acceptors (Lipinski definition) is 4. The van der Waals surface area contributed by atoms with Crippen molar-refractivity contribution in [2.45, 2.75) is 6.29 Å². The Hall–Kier alpha value is -1.69. The average molecular weight is 215 g/mol. The second-order valence-corrected chi connectivity index (χ2v) is 2.96. The molecule has 80 valence electrons. The van der Waals surface area contributed by atoms with E-state index in [4.69, 9.17) is 5.73 Å². The van der Waals surface area contributed by atoms with Crippen LogP contribution < -0.4 is 15.2 Å². The van der Waals surface area contributed by atoms with Gasteiger partial charge in [-0.05, 0) is 18.2 Å². The molecule has 0 atom stereocenters. The van der Waals surface area contributed by atoms with E-state index in [1.165, 1.54) is 18.2 Å². The molecule has 0 saturated carbocycles. The minimum Gasteiger partial charge on any atom is -0.395 e. The molecule has 0 radical (unpaired) electrons. The number of nitrogens with two attached hydrogens (primary N) is 1. The summed E-state index contributed by atoms with van der Waals surface area (Å²) >= 11 is 0. The molecule has 2 N–H and O–H groups in total. The Morgan fingerprint density at radius 1 is 1.33 bits per heavy atom. The number of halogens is 2. The van der Waals surface area contributed by atoms with Gasteiger partial charge >= 0.3 is 6.29 Å². The van der Waals surface area contributed by atoms with E-state index in [-0.39, 0.29) is 29.4 Å². The minimum atomic E-state index is -3.66. The molecule has 0 saturated heterocycles. The number of carbonyl (C=O) groups excluding carboxylic acids is 1. The number of benzene rings is 1. The number of ketones is 1. The number of carbonyl (C=O) groups is 1. The van der Waals surface area contributed by atoms with Crippen LogP contribution >= 0.6 is 0 Å². The molecule has 15 heavy (non-hydrogen) atoms. The molecule has 4 nitrogen and oxygen atoms in total. The number of rotatable bonds is 2. The lowest BCUT2D eigenvalue weighted by Crippen LogP contribution is -2.25. The molecule has 2 rings (SSSR count). The van der Waals surface area contributed by atoms with Crippen molar-refractivity contribution in [2.75, 3.05) is 6.54 Å². The molecule has 0 unspecified atom stereocenters. The molecular formula is C9H7F2NO3. The van der Waals surface area contributed by atoms with Gasteiger partial charge in [0, 0.05) is 5.56 Å². The van der Waals surface area contributed by atoms with Gasteiger partial charge in [-0.3, -0.25) is 4.79 Å². The number of alkyl halides is 2. The number of hydrogen-bond donors (Lipinski definition) is 1. The minimum absolute atomic E-state index is 0.0893. The predicted octanol–water partition coefficient (Wildman–Crippen LogP) is 1.15. The Kier molecular flexibility index (Phi) is 2.08. The number of fused-ring (bicyclic) bond motifs is 1. The van der Waals surface area contributed by atoms with E-state index < -0.39 is 6.29 Å². The zero-order valence-corrected chi connectivity index (χ0v) is 7.50. The van der Waals surface area contributed by atoms with Crippen LogP contribution in [-0.2, 0) is 0 Å². The quantitative estimate of drug-likeness (QED) is 0.751. The molecule has 1 aliphatic heterocycles. The summed E-state index contributed by atoms with van der Waals surface area (Å²) in [6.45, 7) is -0.184. The van der Waals surface area contributed by atoms with Crippen LogP contribution in [0, 0.1) is 0 Å². The van der Waals surface area contributed by atoms with Crippen molar-refractivity contribution in [3.05, 3.63) is 23.8 Å². The van der Waals surface area contributed by atoms with Crippen LogP contribution in [0.2, 0.25) is 0 Å². The van der Waals surface area contributed by atoms with Crippen molar-refractivity contribution >= 4 is 5.78 Å². The van der Waals surface area contributed by atoms with Crippen LogP contribution in [0.3, 0.4) is 0 Å². The Balaban J connectivity index is 2.34. The first-order valence-electron chi connectivity index (χ1n) is 4.15. The first-order valence-corrected chi connectivity index (χ1v) is 4.15. The maximum absolute atomic E-state index is 12.6. The molecular weight excluding hydrogens is 208 g/mol. The molecule has 0 amide bonds. The number of Topliss-reactive ketones (excluding diaryl/α,β-unsaturated/α-hetero) is 1. The topological polar surface area (TPSA) is 61.6 Å². The third kappa shape index (κ3) is 1.75. The Morgan fingerprint density at radius 3 is 2.67 bits per heavy atom. The van der Waals surface area contributed by atoms with E-state index in [9.17, 15) is 13.6 Å². The molecule has 0 aromatic heterocycles. The largest absolute Gasteiger partial charge is 0.586 e. The van der Waals surface area contributed by atoms with Crippen molar-refractivity contribution in [3.63, 3.8) is 0 Å². The Morgan fingerprint density at radius 2 is 2.00 bits per heavy atom. The van der Waals surface area contributed by atoms with Gasteiger partial charge in [-0.2, -0.15) is 0 Å². The summed E-state index contributed by atoms with van der Waals surface area (Å²) < 4.78 is 33.5. The van der Waals surface area contributed by atoms with Crippen LogP contribution in [0.25, 0.3) is 0 Å². The van der Waals surface area contributed by atoms with E-state index in [0.29, 0.717) is 0 Å². The Bertz CT molecular complexity index is 420. The summed E-state index contributed by atoms with van der Waals surface area (Å²) in [5, 5.41) is 0. The van der Waals surface area contributed by atoms with Crippen LogP contribution in [-0.4, -0.2) is 18.6 Å². The summed E-state index contributed by atoms with van der Waals surface area (Å²) in [7, 11) is 0. The zero-order chi connectivity index (χ0) is 11.1. The van der Waals surface area contributed by atoms with E-state index in [0.717, 1.165) is 0 Å². The summed E-state index contributed by atoms with van der Waals surface area (Å²) in [6.07, 6.45) is -3.66. The molecule has 0 aliphatic carbocycles. The van der Waals surface area contributed by atoms with Crippen LogP contribution in [0.5, 0.6) is 11.5 Å². The molecule has 1 heterocycles. The SMILES string of the molecule is NCC(=O)c1ccc2c(c1)OC(F)(F)O2. The van der Waals surface area contributed by atoms with E-state index in [2.05, 4.69) is 9.47 Å². The fraction of sp³-hybridized carbons (Fsp3) is 0.222. The van der Waals surface area contributed by atoms with Crippen molar-refractivity contribution in [1.29, 1.82) is 0 Å². The van der Waals surface area contributed by atoms with Crippen molar-refractivity contribution in [3.8, 4) is 11.5 Å². The van der Waals surface area contributed by atoms with E-state index >= 15 is 0 Å². The molecule has 1 aromatic carbocycles. The fourth-order valence-corrected chi connectivity index (χ4v) is 1.24. The van der Waals surface area contributed by atoms with Crippen molar-refractivity contribution in [1.82, 2.24) is 0 Å². The maximum Gasteiger partial charge on any atom is 0.586 e. The van der Waals surface area contributed by atoms with Crippen LogP contribution in [0.4, 0.5) is 8.78 Å². The van der Waals surface area contributed by atoms with Crippen molar-refractivity contribution < 1.29 is 23.0 Å². The van der Waals surface area contributed by atoms with Gasteiger partial charge in [0.05, 0.1) is 6.54 Å². The summed E-state index contributed by atoms with van der Waals surface area (Å²) in [5.41, 5.74) is 5.35. The van der Waals surface area contributed by atoms with Crippen molar-refractivity contribution in [2.24, 2.45) is 5.73 Å². The molecule has 1 aliphatic rings. The highest BCUT2D eigenvalue weighted by Crippen LogP contribution is 2.41. The summed E-state index contributed by atoms with van der Waals surface area (Å²) in [4.78, 5) is 11.2. The smallest absolute Gasteiger partial charge is 0.395 e. The monoisotopic (exact) mass is 215 g/mol. The second kappa shape index (κ2) is 3.16. The highest BCUT2D eigenvalue weighted by atomic mass is 19.3. The molecule has 0 spiro atoms. The van der Waals surface area contributed by atoms with Gasteiger partial charge in [-0.25, -0.2) is 0 Å². The van der Waals surface area contributed by atoms with Gasteiger partial charge < -0.3 is 15.2 Å². The lowest BCUT2D eigenvalue weighted by atomic mass is 10.1. The van der Waals surface area contributed by atoms with Crippen LogP contribution in [0.15, 0.2) is 18.2 Å². The predicted molar refractivity (Wildman–Crippen MR) is 46.0 cm³/mol. The normalized spacial score (nSPS) is 16.5. The highest BCUT2D eigenvalue weighted by molar-refractivity contribution is 5.98. The van der Waals surface area contributed by atoms with Gasteiger partial charge in [0.25, 0.3) is 0 Å². The third-order valence-corrected chi connectivity index (χ3v) is 1.91. The van der Waals surface area contributed by atoms with Gasteiger partial charge in [-0.1, -0.05) is 0 Å². The lowest BCUT2D eigenvalue weighted by Gasteiger charge is -2.04. The molecule has 1 aromatic rings. The molecule has 0 bridgehead atoms. The van der Waals surface area contributed by atoms with Gasteiger partial charge in [0.2, 0.25) is 0 Å². The second-order valence-electron chi connectivity index (χ2n) is 2.96. The van der Waals surface area contributed by atoms with Gasteiger partial charge in [0.15, 0.2) is 17.3 Å². The van der Waals surface area contributed by atoms with Gasteiger partial charge in [0.1, 0.15) is 0 Å². The zero-order valence-electron chi connectivity index (χ0n) is 7.50. The standard InChI is InChI=1S/C9H7F2NO3/c10-9(11)14-7-2-1-5(6(13)4-12)3-8(7)15-9/h1-3H,4,12H2. The maximum atomic E-state index is 12.6.